The summed E-state index contributed by atoms with van der Waals surface area (Å²) < 4.78 is 6.56. The lowest BCUT2D eigenvalue weighted by Crippen LogP contribution is -2.45. The molecule has 0 unspecified atom stereocenters. The Morgan fingerprint density at radius 3 is 2.75 bits per heavy atom. The second-order valence-electron chi connectivity index (χ2n) is 5.07. The van der Waals surface area contributed by atoms with Crippen LogP contribution in [0.5, 0.6) is 0 Å². The quantitative estimate of drug-likeness (QED) is 0.629. The molecule has 1 fully saturated rings. The van der Waals surface area contributed by atoms with E-state index in [1.54, 1.807) is 12.1 Å². The number of nitro benzene ring substituents is 1. The van der Waals surface area contributed by atoms with Crippen LogP contribution in [-0.4, -0.2) is 35.2 Å². The second kappa shape index (κ2) is 4.99. The third kappa shape index (κ3) is 2.46. The van der Waals surface area contributed by atoms with Crippen molar-refractivity contribution in [3.63, 3.8) is 0 Å². The Bertz CT molecular complexity index is 647. The number of anilines is 1. The van der Waals surface area contributed by atoms with Gasteiger partial charge in [-0.15, -0.1) is 0 Å². The molecule has 3 rings (SSSR count). The lowest BCUT2D eigenvalue weighted by Gasteiger charge is -2.35. The second-order valence-corrected chi connectivity index (χ2v) is 6.08. The summed E-state index contributed by atoms with van der Waals surface area (Å²) in [5.74, 6) is 0. The van der Waals surface area contributed by atoms with Crippen LogP contribution in [0.1, 0.15) is 13.8 Å². The molecular weight excluding hydrogens is 278 g/mol. The number of nitro groups is 1. The van der Waals surface area contributed by atoms with Gasteiger partial charge in [0.2, 0.25) is 0 Å². The van der Waals surface area contributed by atoms with E-state index in [1.165, 1.54) is 17.4 Å². The number of aromatic nitrogens is 1. The zero-order valence-corrected chi connectivity index (χ0v) is 12.1. The first-order valence-corrected chi connectivity index (χ1v) is 7.30. The fourth-order valence-corrected chi connectivity index (χ4v) is 3.50. The average molecular weight is 293 g/mol. The maximum atomic E-state index is 10.8. The van der Waals surface area contributed by atoms with Crippen LogP contribution in [0.25, 0.3) is 10.2 Å². The van der Waals surface area contributed by atoms with Crippen LogP contribution < -0.4 is 4.90 Å². The molecule has 6 nitrogen and oxygen atoms in total. The zero-order chi connectivity index (χ0) is 14.3. The molecule has 0 radical (unpaired) electrons. The fraction of sp³-hybridized carbons (Fsp3) is 0.462. The largest absolute Gasteiger partial charge is 0.372 e. The standard InChI is InChI=1S/C13H15N3O3S/c1-8-6-15(7-9(2)19-8)13-14-11-4-3-10(16(17)18)5-12(11)20-13/h3-5,8-9H,6-7H2,1-2H3/t8-,9-/m0/s1. The van der Waals surface area contributed by atoms with Crippen molar-refractivity contribution in [1.82, 2.24) is 4.98 Å². The van der Waals surface area contributed by atoms with E-state index in [0.717, 1.165) is 28.4 Å². The number of hydrogen-bond acceptors (Lipinski definition) is 6. The Hall–Kier alpha value is -1.73. The third-order valence-corrected chi connectivity index (χ3v) is 4.34. The SMILES string of the molecule is C[C@H]1CN(c2nc3ccc([N+](=O)[O-])cc3s2)C[C@H](C)O1. The summed E-state index contributed by atoms with van der Waals surface area (Å²) in [6, 6.07) is 4.79. The van der Waals surface area contributed by atoms with Crippen molar-refractivity contribution < 1.29 is 9.66 Å². The summed E-state index contributed by atoms with van der Waals surface area (Å²) >= 11 is 1.49. The van der Waals surface area contributed by atoms with Crippen molar-refractivity contribution in [3.05, 3.63) is 28.3 Å². The molecule has 0 N–H and O–H groups in total. The first-order chi connectivity index (χ1) is 9.52. The molecule has 1 aromatic carbocycles. The van der Waals surface area contributed by atoms with E-state index in [1.807, 2.05) is 13.8 Å². The Morgan fingerprint density at radius 2 is 2.10 bits per heavy atom. The summed E-state index contributed by atoms with van der Waals surface area (Å²) in [7, 11) is 0. The Morgan fingerprint density at radius 1 is 1.40 bits per heavy atom. The molecule has 0 spiro atoms. The molecule has 1 aliphatic heterocycles. The van der Waals surface area contributed by atoms with Crippen LogP contribution in [0.3, 0.4) is 0 Å². The van der Waals surface area contributed by atoms with Gasteiger partial charge in [0.1, 0.15) is 0 Å². The number of benzene rings is 1. The Labute approximate surface area is 120 Å². The van der Waals surface area contributed by atoms with E-state index in [-0.39, 0.29) is 22.8 Å². The molecule has 106 valence electrons. The minimum Gasteiger partial charge on any atom is -0.372 e. The number of thiazole rings is 1. The van der Waals surface area contributed by atoms with Gasteiger partial charge in [-0.2, -0.15) is 0 Å². The molecule has 1 saturated heterocycles. The van der Waals surface area contributed by atoms with Crippen molar-refractivity contribution in [2.45, 2.75) is 26.1 Å². The van der Waals surface area contributed by atoms with E-state index in [4.69, 9.17) is 4.74 Å². The van der Waals surface area contributed by atoms with Gasteiger partial charge in [-0.1, -0.05) is 11.3 Å². The summed E-state index contributed by atoms with van der Waals surface area (Å²) in [6.07, 6.45) is 0.334. The highest BCUT2D eigenvalue weighted by molar-refractivity contribution is 7.22. The minimum absolute atomic E-state index is 0.108. The van der Waals surface area contributed by atoms with Crippen LogP contribution in [0.15, 0.2) is 18.2 Å². The van der Waals surface area contributed by atoms with Gasteiger partial charge < -0.3 is 9.64 Å². The van der Waals surface area contributed by atoms with E-state index in [9.17, 15) is 10.1 Å². The van der Waals surface area contributed by atoms with Crippen LogP contribution in [0.4, 0.5) is 10.8 Å². The molecule has 7 heteroatoms. The van der Waals surface area contributed by atoms with Crippen molar-refractivity contribution in [1.29, 1.82) is 0 Å². The van der Waals surface area contributed by atoms with Gasteiger partial charge in [0, 0.05) is 25.2 Å². The summed E-state index contributed by atoms with van der Waals surface area (Å²) in [5.41, 5.74) is 0.916. The smallest absolute Gasteiger partial charge is 0.270 e. The van der Waals surface area contributed by atoms with Gasteiger partial charge in [0.05, 0.1) is 27.3 Å². The van der Waals surface area contributed by atoms with Gasteiger partial charge in [0.25, 0.3) is 5.69 Å². The molecule has 2 atom stereocenters. The Kier molecular flexibility index (Phi) is 3.31. The molecule has 2 aromatic rings. The van der Waals surface area contributed by atoms with E-state index in [0.29, 0.717) is 0 Å². The highest BCUT2D eigenvalue weighted by atomic mass is 32.1. The minimum atomic E-state index is -0.377. The molecule has 20 heavy (non-hydrogen) atoms. The topological polar surface area (TPSA) is 68.5 Å². The summed E-state index contributed by atoms with van der Waals surface area (Å²) in [6.45, 7) is 5.68. The van der Waals surface area contributed by atoms with Gasteiger partial charge >= 0.3 is 0 Å². The Balaban J connectivity index is 1.94. The van der Waals surface area contributed by atoms with Gasteiger partial charge in [-0.3, -0.25) is 10.1 Å². The van der Waals surface area contributed by atoms with Crippen molar-refractivity contribution in [2.75, 3.05) is 18.0 Å². The lowest BCUT2D eigenvalue weighted by atomic mass is 10.2. The molecule has 2 heterocycles. The highest BCUT2D eigenvalue weighted by Gasteiger charge is 2.24. The van der Waals surface area contributed by atoms with Crippen LogP contribution in [-0.2, 0) is 4.74 Å². The monoisotopic (exact) mass is 293 g/mol. The molecule has 0 amide bonds. The van der Waals surface area contributed by atoms with Gasteiger partial charge in [-0.25, -0.2) is 4.98 Å². The van der Waals surface area contributed by atoms with E-state index < -0.39 is 0 Å². The first-order valence-electron chi connectivity index (χ1n) is 6.48. The highest BCUT2D eigenvalue weighted by Crippen LogP contribution is 2.32. The molecule has 0 aliphatic carbocycles. The molecule has 1 aliphatic rings. The predicted octanol–water partition coefficient (Wildman–Crippen LogP) is 2.82. The number of morpholine rings is 1. The number of nitrogens with zero attached hydrogens (tertiary/aromatic N) is 3. The molecule has 0 bridgehead atoms. The third-order valence-electron chi connectivity index (χ3n) is 3.26. The van der Waals surface area contributed by atoms with Crippen LogP contribution in [0, 0.1) is 10.1 Å². The van der Waals surface area contributed by atoms with E-state index >= 15 is 0 Å². The number of fused-ring (bicyclic) bond motifs is 1. The molecule has 1 aromatic heterocycles. The van der Waals surface area contributed by atoms with Gasteiger partial charge in [0.15, 0.2) is 5.13 Å². The molecule has 0 saturated carbocycles. The fourth-order valence-electron chi connectivity index (χ4n) is 2.48. The number of non-ortho nitro benzene ring substituents is 1. The van der Waals surface area contributed by atoms with Gasteiger partial charge in [-0.05, 0) is 19.9 Å². The first kappa shape index (κ1) is 13.3. The van der Waals surface area contributed by atoms with Crippen molar-refractivity contribution >= 4 is 32.4 Å². The maximum absolute atomic E-state index is 10.8. The summed E-state index contributed by atoms with van der Waals surface area (Å²) in [4.78, 5) is 17.2. The lowest BCUT2D eigenvalue weighted by molar-refractivity contribution is -0.384. The van der Waals surface area contributed by atoms with E-state index in [2.05, 4.69) is 9.88 Å². The number of hydrogen-bond donors (Lipinski definition) is 0. The van der Waals surface area contributed by atoms with Crippen LogP contribution >= 0.6 is 11.3 Å². The average Bonchev–Trinajstić information content (AvgIpc) is 2.80. The zero-order valence-electron chi connectivity index (χ0n) is 11.3. The molecular formula is C13H15N3O3S. The number of ether oxygens (including phenoxy) is 1. The normalized spacial score (nSPS) is 23.2. The summed E-state index contributed by atoms with van der Waals surface area (Å²) in [5, 5.41) is 11.7. The maximum Gasteiger partial charge on any atom is 0.270 e. The predicted molar refractivity (Wildman–Crippen MR) is 78.5 cm³/mol. The van der Waals surface area contributed by atoms with Crippen LogP contribution in [0.2, 0.25) is 0 Å². The number of rotatable bonds is 2. The van der Waals surface area contributed by atoms with Crippen molar-refractivity contribution in [2.24, 2.45) is 0 Å². The van der Waals surface area contributed by atoms with Crippen molar-refractivity contribution in [3.8, 4) is 0 Å².